The van der Waals surface area contributed by atoms with Crippen molar-refractivity contribution in [3.8, 4) is 0 Å². The van der Waals surface area contributed by atoms with Crippen LogP contribution >= 0.6 is 0 Å². The van der Waals surface area contributed by atoms with E-state index < -0.39 is 5.97 Å². The predicted octanol–water partition coefficient (Wildman–Crippen LogP) is 2.05. The number of aryl methyl sites for hydroxylation is 1. The van der Waals surface area contributed by atoms with Gasteiger partial charge in [0.2, 0.25) is 0 Å². The first-order valence-electron chi connectivity index (χ1n) is 8.96. The van der Waals surface area contributed by atoms with Crippen LogP contribution in [0.3, 0.4) is 0 Å². The number of rotatable bonds is 9. The van der Waals surface area contributed by atoms with Gasteiger partial charge < -0.3 is 14.6 Å². The van der Waals surface area contributed by atoms with E-state index in [1.54, 1.807) is 29.2 Å². The van der Waals surface area contributed by atoms with Crippen LogP contribution in [-0.4, -0.2) is 46.4 Å². The quantitative estimate of drug-likeness (QED) is 0.692. The van der Waals surface area contributed by atoms with Crippen molar-refractivity contribution in [3.63, 3.8) is 0 Å². The summed E-state index contributed by atoms with van der Waals surface area (Å²) in [7, 11) is 0. The third kappa shape index (κ3) is 5.40. The van der Waals surface area contributed by atoms with Gasteiger partial charge in [0.1, 0.15) is 5.82 Å². The minimum Gasteiger partial charge on any atom is -0.456 e. The van der Waals surface area contributed by atoms with Crippen LogP contribution in [0.5, 0.6) is 0 Å². The average Bonchev–Trinajstić information content (AvgIpc) is 2.65. The summed E-state index contributed by atoms with van der Waals surface area (Å²) < 4.78 is 5.06. The highest BCUT2D eigenvalue weighted by Crippen LogP contribution is 2.07. The van der Waals surface area contributed by atoms with Crippen LogP contribution < -0.4 is 5.56 Å². The van der Waals surface area contributed by atoms with Gasteiger partial charge in [-0.1, -0.05) is 25.5 Å². The average molecular weight is 359 g/mol. The SMILES string of the molecule is CCCCN(CC)C(=O)COC(=O)CCc1nc2ccccc2c(=O)[nH]1. The number of nitrogens with zero attached hydrogens (tertiary/aromatic N) is 2. The zero-order valence-electron chi connectivity index (χ0n) is 15.3. The van der Waals surface area contributed by atoms with Gasteiger partial charge in [0.05, 0.1) is 17.3 Å². The van der Waals surface area contributed by atoms with Gasteiger partial charge in [-0.05, 0) is 25.5 Å². The van der Waals surface area contributed by atoms with E-state index >= 15 is 0 Å². The summed E-state index contributed by atoms with van der Waals surface area (Å²) in [6.07, 6.45) is 2.23. The lowest BCUT2D eigenvalue weighted by molar-refractivity contribution is -0.152. The van der Waals surface area contributed by atoms with E-state index in [0.717, 1.165) is 12.8 Å². The summed E-state index contributed by atoms with van der Waals surface area (Å²) in [5.74, 6) is -0.248. The molecule has 2 aromatic rings. The second-order valence-electron chi connectivity index (χ2n) is 6.02. The Labute approximate surface area is 152 Å². The zero-order chi connectivity index (χ0) is 18.9. The second kappa shape index (κ2) is 9.70. The molecule has 1 amide bonds. The van der Waals surface area contributed by atoms with Gasteiger partial charge in [0, 0.05) is 19.5 Å². The zero-order valence-corrected chi connectivity index (χ0v) is 15.3. The van der Waals surface area contributed by atoms with Gasteiger partial charge in [-0.15, -0.1) is 0 Å². The molecule has 2 rings (SSSR count). The van der Waals surface area contributed by atoms with Gasteiger partial charge in [-0.25, -0.2) is 4.98 Å². The Bertz CT molecular complexity index is 816. The first-order valence-corrected chi connectivity index (χ1v) is 8.96. The smallest absolute Gasteiger partial charge is 0.306 e. The fourth-order valence-electron chi connectivity index (χ4n) is 2.59. The van der Waals surface area contributed by atoms with Gasteiger partial charge in [-0.3, -0.25) is 14.4 Å². The predicted molar refractivity (Wildman–Crippen MR) is 98.8 cm³/mol. The van der Waals surface area contributed by atoms with Gasteiger partial charge in [0.25, 0.3) is 11.5 Å². The van der Waals surface area contributed by atoms with Crippen LogP contribution in [0.25, 0.3) is 10.9 Å². The fraction of sp³-hybridized carbons (Fsp3) is 0.474. The van der Waals surface area contributed by atoms with E-state index in [4.69, 9.17) is 4.74 Å². The summed E-state index contributed by atoms with van der Waals surface area (Å²) in [5.41, 5.74) is 0.355. The number of hydrogen-bond acceptors (Lipinski definition) is 5. The molecule has 7 nitrogen and oxygen atoms in total. The Hall–Kier alpha value is -2.70. The van der Waals surface area contributed by atoms with Crippen molar-refractivity contribution in [1.82, 2.24) is 14.9 Å². The molecular weight excluding hydrogens is 334 g/mol. The highest BCUT2D eigenvalue weighted by atomic mass is 16.5. The third-order valence-corrected chi connectivity index (χ3v) is 4.10. The number of esters is 1. The molecule has 1 aromatic carbocycles. The molecule has 0 atom stereocenters. The molecule has 0 fully saturated rings. The number of aromatic nitrogens is 2. The lowest BCUT2D eigenvalue weighted by atomic mass is 10.2. The lowest BCUT2D eigenvalue weighted by Crippen LogP contribution is -2.35. The monoisotopic (exact) mass is 359 g/mol. The molecule has 0 aliphatic carbocycles. The standard InChI is InChI=1S/C19H25N3O4/c1-3-5-12-22(4-2)17(23)13-26-18(24)11-10-16-20-15-9-7-6-8-14(15)19(25)21-16/h6-9H,3-5,10-13H2,1-2H3,(H,20,21,25). The maximum absolute atomic E-state index is 12.0. The van der Waals surface area contributed by atoms with Crippen molar-refractivity contribution >= 4 is 22.8 Å². The molecule has 0 radical (unpaired) electrons. The van der Waals surface area contributed by atoms with E-state index in [0.29, 0.717) is 29.8 Å². The van der Waals surface area contributed by atoms with Gasteiger partial charge in [0.15, 0.2) is 6.61 Å². The summed E-state index contributed by atoms with van der Waals surface area (Å²) >= 11 is 0. The van der Waals surface area contributed by atoms with Gasteiger partial charge in [-0.2, -0.15) is 0 Å². The topological polar surface area (TPSA) is 92.4 Å². The Morgan fingerprint density at radius 2 is 2.00 bits per heavy atom. The number of carbonyl (C=O) groups is 2. The summed E-state index contributed by atoms with van der Waals surface area (Å²) in [6.45, 7) is 4.98. The van der Waals surface area contributed by atoms with Crippen LogP contribution in [-0.2, 0) is 20.7 Å². The minimum atomic E-state index is -0.485. The fourth-order valence-corrected chi connectivity index (χ4v) is 2.59. The van der Waals surface area contributed by atoms with E-state index in [9.17, 15) is 14.4 Å². The van der Waals surface area contributed by atoms with Crippen molar-refractivity contribution in [2.45, 2.75) is 39.5 Å². The van der Waals surface area contributed by atoms with Gasteiger partial charge >= 0.3 is 5.97 Å². The Morgan fingerprint density at radius 3 is 2.73 bits per heavy atom. The van der Waals surface area contributed by atoms with E-state index in [-0.39, 0.29) is 30.9 Å². The molecule has 26 heavy (non-hydrogen) atoms. The molecule has 0 aliphatic heterocycles. The maximum Gasteiger partial charge on any atom is 0.306 e. The first-order chi connectivity index (χ1) is 12.5. The molecule has 1 N–H and O–H groups in total. The highest BCUT2D eigenvalue weighted by molar-refractivity contribution is 5.80. The Balaban J connectivity index is 1.85. The lowest BCUT2D eigenvalue weighted by Gasteiger charge is -2.20. The van der Waals surface area contributed by atoms with Crippen LogP contribution in [0.2, 0.25) is 0 Å². The number of H-pyrrole nitrogens is 1. The number of nitrogens with one attached hydrogen (secondary N) is 1. The Kier molecular flexibility index (Phi) is 7.32. The highest BCUT2D eigenvalue weighted by Gasteiger charge is 2.14. The largest absolute Gasteiger partial charge is 0.456 e. The summed E-state index contributed by atoms with van der Waals surface area (Å²) in [4.78, 5) is 44.6. The third-order valence-electron chi connectivity index (χ3n) is 4.10. The van der Waals surface area contributed by atoms with E-state index in [2.05, 4.69) is 16.9 Å². The molecule has 0 unspecified atom stereocenters. The van der Waals surface area contributed by atoms with Crippen LogP contribution in [0.1, 0.15) is 38.9 Å². The summed E-state index contributed by atoms with van der Waals surface area (Å²) in [6, 6.07) is 7.02. The maximum atomic E-state index is 12.0. The van der Waals surface area contributed by atoms with E-state index in [1.165, 1.54) is 0 Å². The molecule has 0 bridgehead atoms. The molecule has 1 heterocycles. The number of unbranched alkanes of at least 4 members (excludes halogenated alkanes) is 1. The Morgan fingerprint density at radius 1 is 1.23 bits per heavy atom. The number of likely N-dealkylation sites (N-methyl/N-ethyl adjacent to an activating group) is 1. The second-order valence-corrected chi connectivity index (χ2v) is 6.02. The number of fused-ring (bicyclic) bond motifs is 1. The molecular formula is C19H25N3O4. The molecule has 0 aliphatic rings. The molecule has 1 aromatic heterocycles. The molecule has 140 valence electrons. The molecule has 0 spiro atoms. The van der Waals surface area contributed by atoms with Crippen molar-refractivity contribution in [2.75, 3.05) is 19.7 Å². The van der Waals surface area contributed by atoms with Crippen LogP contribution in [0.15, 0.2) is 29.1 Å². The van der Waals surface area contributed by atoms with Crippen molar-refractivity contribution in [3.05, 3.63) is 40.4 Å². The summed E-state index contributed by atoms with van der Waals surface area (Å²) in [5, 5.41) is 0.510. The first kappa shape index (κ1) is 19.6. The van der Waals surface area contributed by atoms with Crippen LogP contribution in [0, 0.1) is 0 Å². The number of para-hydroxylation sites is 1. The normalized spacial score (nSPS) is 10.7. The van der Waals surface area contributed by atoms with E-state index in [1.807, 2.05) is 6.92 Å². The molecule has 0 saturated carbocycles. The number of benzene rings is 1. The number of hydrogen-bond donors (Lipinski definition) is 1. The van der Waals surface area contributed by atoms with Crippen molar-refractivity contribution in [1.29, 1.82) is 0 Å². The van der Waals surface area contributed by atoms with Crippen molar-refractivity contribution < 1.29 is 14.3 Å². The molecule has 0 saturated heterocycles. The van der Waals surface area contributed by atoms with Crippen LogP contribution in [0.4, 0.5) is 0 Å². The minimum absolute atomic E-state index is 0.0512. The number of aromatic amines is 1. The number of ether oxygens (including phenoxy) is 1. The van der Waals surface area contributed by atoms with Crippen molar-refractivity contribution in [2.24, 2.45) is 0 Å². The number of carbonyl (C=O) groups excluding carboxylic acids is 2. The molecule has 7 heteroatoms. The number of amides is 1.